The van der Waals surface area contributed by atoms with E-state index in [0.717, 1.165) is 43.1 Å². The zero-order valence-corrected chi connectivity index (χ0v) is 15.5. The Hall–Kier alpha value is -1.30. The van der Waals surface area contributed by atoms with Gasteiger partial charge >= 0.3 is 0 Å². The predicted molar refractivity (Wildman–Crippen MR) is 99.0 cm³/mol. The van der Waals surface area contributed by atoms with E-state index in [1.807, 2.05) is 25.1 Å². The molecule has 0 aliphatic carbocycles. The van der Waals surface area contributed by atoms with E-state index in [4.69, 9.17) is 15.2 Å². The SMILES string of the molecule is Cc1cc(NC(=O)[C@@H](N)CC(C)C)ccc1OC1CCOCC1.Cl. The molecule has 1 aliphatic rings. The molecule has 0 aromatic heterocycles. The Balaban J connectivity index is 0.00000288. The van der Waals surface area contributed by atoms with Gasteiger partial charge in [0.15, 0.2) is 0 Å². The maximum atomic E-state index is 12.1. The molecule has 1 heterocycles. The molecule has 1 aliphatic heterocycles. The van der Waals surface area contributed by atoms with Gasteiger partial charge in [-0.3, -0.25) is 4.79 Å². The van der Waals surface area contributed by atoms with Gasteiger partial charge in [-0.15, -0.1) is 12.4 Å². The molecule has 1 fully saturated rings. The average Bonchev–Trinajstić information content (AvgIpc) is 2.50. The normalized spacial score (nSPS) is 16.4. The number of rotatable bonds is 6. The Morgan fingerprint density at radius 3 is 2.62 bits per heavy atom. The Bertz CT molecular complexity index is 531. The molecule has 0 radical (unpaired) electrons. The predicted octanol–water partition coefficient (Wildman–Crippen LogP) is 3.29. The van der Waals surface area contributed by atoms with E-state index in [0.29, 0.717) is 12.3 Å². The van der Waals surface area contributed by atoms with Gasteiger partial charge in [0.2, 0.25) is 5.91 Å². The molecule has 1 amide bonds. The lowest BCUT2D eigenvalue weighted by Gasteiger charge is -2.24. The van der Waals surface area contributed by atoms with Gasteiger partial charge in [-0.25, -0.2) is 0 Å². The van der Waals surface area contributed by atoms with Crippen LogP contribution in [-0.4, -0.2) is 31.3 Å². The Kier molecular flexibility index (Phi) is 8.53. The van der Waals surface area contributed by atoms with Gasteiger partial charge in [-0.2, -0.15) is 0 Å². The molecule has 0 saturated carbocycles. The molecule has 136 valence electrons. The first-order valence-electron chi connectivity index (χ1n) is 8.37. The lowest BCUT2D eigenvalue weighted by atomic mass is 10.0. The highest BCUT2D eigenvalue weighted by Gasteiger charge is 2.17. The van der Waals surface area contributed by atoms with Crippen LogP contribution in [-0.2, 0) is 9.53 Å². The number of amides is 1. The van der Waals surface area contributed by atoms with Crippen molar-refractivity contribution in [3.63, 3.8) is 0 Å². The molecular formula is C18H29ClN2O3. The van der Waals surface area contributed by atoms with Crippen molar-refractivity contribution in [3.8, 4) is 5.75 Å². The van der Waals surface area contributed by atoms with Gasteiger partial charge in [0.1, 0.15) is 11.9 Å². The summed E-state index contributed by atoms with van der Waals surface area (Å²) < 4.78 is 11.4. The van der Waals surface area contributed by atoms with Gasteiger partial charge in [0, 0.05) is 18.5 Å². The molecule has 6 heteroatoms. The summed E-state index contributed by atoms with van der Waals surface area (Å²) in [7, 11) is 0. The van der Waals surface area contributed by atoms with Crippen molar-refractivity contribution in [2.24, 2.45) is 11.7 Å². The highest BCUT2D eigenvalue weighted by molar-refractivity contribution is 5.94. The van der Waals surface area contributed by atoms with E-state index in [1.54, 1.807) is 0 Å². The molecule has 1 atom stereocenters. The van der Waals surface area contributed by atoms with E-state index in [9.17, 15) is 4.79 Å². The minimum absolute atomic E-state index is 0. The van der Waals surface area contributed by atoms with Crippen LogP contribution in [0.2, 0.25) is 0 Å². The molecule has 1 saturated heterocycles. The van der Waals surface area contributed by atoms with Crippen LogP contribution in [0.25, 0.3) is 0 Å². The van der Waals surface area contributed by atoms with Gasteiger partial charge in [-0.05, 0) is 43.0 Å². The van der Waals surface area contributed by atoms with Crippen LogP contribution in [0.3, 0.4) is 0 Å². The van der Waals surface area contributed by atoms with Crippen LogP contribution < -0.4 is 15.8 Å². The Morgan fingerprint density at radius 2 is 2.04 bits per heavy atom. The molecule has 0 unspecified atom stereocenters. The fourth-order valence-electron chi connectivity index (χ4n) is 2.68. The van der Waals surface area contributed by atoms with E-state index >= 15 is 0 Å². The number of ether oxygens (including phenoxy) is 2. The molecule has 0 bridgehead atoms. The maximum Gasteiger partial charge on any atom is 0.241 e. The van der Waals surface area contributed by atoms with Gasteiger partial charge in [-0.1, -0.05) is 13.8 Å². The number of hydrogen-bond donors (Lipinski definition) is 2. The number of carbonyl (C=O) groups excluding carboxylic acids is 1. The zero-order chi connectivity index (χ0) is 16.8. The minimum atomic E-state index is -0.478. The smallest absolute Gasteiger partial charge is 0.241 e. The summed E-state index contributed by atoms with van der Waals surface area (Å²) in [4.78, 5) is 12.1. The van der Waals surface area contributed by atoms with Crippen molar-refractivity contribution in [2.45, 2.75) is 52.2 Å². The molecule has 0 spiro atoms. The minimum Gasteiger partial charge on any atom is -0.490 e. The standard InChI is InChI=1S/C18H28N2O3.ClH/c1-12(2)10-16(19)18(21)20-14-4-5-17(13(3)11-14)23-15-6-8-22-9-7-15;/h4-5,11-12,15-16H,6-10,19H2,1-3H3,(H,20,21);1H/t16-;/m0./s1. The van der Waals surface area contributed by atoms with E-state index in [-0.39, 0.29) is 24.4 Å². The Morgan fingerprint density at radius 1 is 1.38 bits per heavy atom. The van der Waals surface area contributed by atoms with Crippen molar-refractivity contribution in [3.05, 3.63) is 23.8 Å². The van der Waals surface area contributed by atoms with Crippen molar-refractivity contribution >= 4 is 24.0 Å². The van der Waals surface area contributed by atoms with E-state index in [1.165, 1.54) is 0 Å². The topological polar surface area (TPSA) is 73.6 Å². The zero-order valence-electron chi connectivity index (χ0n) is 14.7. The second-order valence-corrected chi connectivity index (χ2v) is 6.64. The first-order chi connectivity index (χ1) is 11.0. The lowest BCUT2D eigenvalue weighted by Crippen LogP contribution is -2.36. The van der Waals surface area contributed by atoms with Crippen molar-refractivity contribution in [1.82, 2.24) is 0 Å². The monoisotopic (exact) mass is 356 g/mol. The van der Waals surface area contributed by atoms with Crippen LogP contribution >= 0.6 is 12.4 Å². The third-order valence-electron chi connectivity index (χ3n) is 3.97. The van der Waals surface area contributed by atoms with Crippen LogP contribution in [0, 0.1) is 12.8 Å². The fourth-order valence-corrected chi connectivity index (χ4v) is 2.68. The fraction of sp³-hybridized carbons (Fsp3) is 0.611. The summed E-state index contributed by atoms with van der Waals surface area (Å²) in [5.74, 6) is 1.12. The number of carbonyl (C=O) groups is 1. The number of aryl methyl sites for hydroxylation is 1. The number of benzene rings is 1. The largest absolute Gasteiger partial charge is 0.490 e. The van der Waals surface area contributed by atoms with Crippen molar-refractivity contribution in [2.75, 3.05) is 18.5 Å². The number of anilines is 1. The van der Waals surface area contributed by atoms with Crippen molar-refractivity contribution < 1.29 is 14.3 Å². The lowest BCUT2D eigenvalue weighted by molar-refractivity contribution is -0.117. The van der Waals surface area contributed by atoms with Crippen LogP contribution in [0.15, 0.2) is 18.2 Å². The molecule has 1 aromatic carbocycles. The number of halogens is 1. The van der Waals surface area contributed by atoms with Gasteiger partial charge in [0.25, 0.3) is 0 Å². The quantitative estimate of drug-likeness (QED) is 0.820. The molecule has 1 aromatic rings. The molecular weight excluding hydrogens is 328 g/mol. The third-order valence-corrected chi connectivity index (χ3v) is 3.97. The molecule has 5 nitrogen and oxygen atoms in total. The van der Waals surface area contributed by atoms with Crippen LogP contribution in [0.1, 0.15) is 38.7 Å². The second-order valence-electron chi connectivity index (χ2n) is 6.64. The molecule has 3 N–H and O–H groups in total. The highest BCUT2D eigenvalue weighted by Crippen LogP contribution is 2.25. The van der Waals surface area contributed by atoms with Crippen molar-refractivity contribution in [1.29, 1.82) is 0 Å². The summed E-state index contributed by atoms with van der Waals surface area (Å²) in [5, 5.41) is 2.88. The average molecular weight is 357 g/mol. The van der Waals surface area contributed by atoms with Crippen LogP contribution in [0.5, 0.6) is 5.75 Å². The summed E-state index contributed by atoms with van der Waals surface area (Å²) in [6, 6.07) is 5.22. The number of nitrogens with two attached hydrogens (primary N) is 1. The summed E-state index contributed by atoms with van der Waals surface area (Å²) in [6.45, 7) is 7.61. The number of hydrogen-bond acceptors (Lipinski definition) is 4. The first-order valence-corrected chi connectivity index (χ1v) is 8.37. The third kappa shape index (κ3) is 6.30. The van der Waals surface area contributed by atoms with Crippen LogP contribution in [0.4, 0.5) is 5.69 Å². The van der Waals surface area contributed by atoms with Gasteiger partial charge in [0.05, 0.1) is 19.3 Å². The molecule has 24 heavy (non-hydrogen) atoms. The van der Waals surface area contributed by atoms with Gasteiger partial charge < -0.3 is 20.5 Å². The second kappa shape index (κ2) is 9.87. The highest BCUT2D eigenvalue weighted by atomic mass is 35.5. The van der Waals surface area contributed by atoms with E-state index < -0.39 is 6.04 Å². The number of nitrogens with one attached hydrogen (secondary N) is 1. The maximum absolute atomic E-state index is 12.1. The Labute approximate surface area is 150 Å². The molecule has 2 rings (SSSR count). The van der Waals surface area contributed by atoms with E-state index in [2.05, 4.69) is 19.2 Å². The summed E-state index contributed by atoms with van der Waals surface area (Å²) in [6.07, 6.45) is 2.72. The first kappa shape index (κ1) is 20.7. The summed E-state index contributed by atoms with van der Waals surface area (Å²) >= 11 is 0. The summed E-state index contributed by atoms with van der Waals surface area (Å²) in [5.41, 5.74) is 7.67.